The summed E-state index contributed by atoms with van der Waals surface area (Å²) in [7, 11) is 2.03. The Kier molecular flexibility index (Phi) is 4.20. The van der Waals surface area contributed by atoms with Gasteiger partial charge in [-0.15, -0.1) is 0 Å². The fourth-order valence-electron chi connectivity index (χ4n) is 2.19. The largest absolute Gasteiger partial charge is 0.416 e. The summed E-state index contributed by atoms with van der Waals surface area (Å²) >= 11 is 5.62. The average Bonchev–Trinajstić information content (AvgIpc) is 2.71. The molecule has 19 heavy (non-hydrogen) atoms. The van der Waals surface area contributed by atoms with E-state index in [1.54, 1.807) is 0 Å². The topological polar surface area (TPSA) is 28.2 Å². The van der Waals surface area contributed by atoms with Crippen molar-refractivity contribution in [1.82, 2.24) is 9.88 Å². The lowest BCUT2D eigenvalue weighted by Gasteiger charge is -2.14. The normalized spacial score (nSPS) is 20.8. The van der Waals surface area contributed by atoms with Crippen molar-refractivity contribution in [3.05, 3.63) is 22.8 Å². The highest BCUT2D eigenvalue weighted by Gasteiger charge is 2.31. The number of pyridine rings is 1. The molecular formula is C12H15ClF3N3. The van der Waals surface area contributed by atoms with E-state index in [-0.39, 0.29) is 11.0 Å². The number of hydrogen-bond donors (Lipinski definition) is 1. The molecule has 1 atom stereocenters. The van der Waals surface area contributed by atoms with E-state index in [1.807, 2.05) is 7.05 Å². The first-order chi connectivity index (χ1) is 8.84. The van der Waals surface area contributed by atoms with Crippen molar-refractivity contribution in [1.29, 1.82) is 0 Å². The summed E-state index contributed by atoms with van der Waals surface area (Å²) in [5.74, 6) is 0.606. The van der Waals surface area contributed by atoms with Gasteiger partial charge in [0.25, 0.3) is 0 Å². The van der Waals surface area contributed by atoms with Gasteiger partial charge >= 0.3 is 6.18 Å². The van der Waals surface area contributed by atoms with Crippen LogP contribution in [-0.4, -0.2) is 36.6 Å². The van der Waals surface area contributed by atoms with Gasteiger partial charge < -0.3 is 10.2 Å². The van der Waals surface area contributed by atoms with Crippen LogP contribution in [0, 0.1) is 5.92 Å². The highest BCUT2D eigenvalue weighted by molar-refractivity contribution is 6.29. The smallest absolute Gasteiger partial charge is 0.370 e. The van der Waals surface area contributed by atoms with Crippen molar-refractivity contribution in [3.8, 4) is 0 Å². The highest BCUT2D eigenvalue weighted by Crippen LogP contribution is 2.32. The zero-order chi connectivity index (χ0) is 14.0. The maximum absolute atomic E-state index is 12.6. The van der Waals surface area contributed by atoms with Gasteiger partial charge in [0.1, 0.15) is 11.0 Å². The molecule has 1 unspecified atom stereocenters. The van der Waals surface area contributed by atoms with Gasteiger partial charge in [0, 0.05) is 13.1 Å². The number of alkyl halides is 3. The van der Waals surface area contributed by atoms with Crippen LogP contribution in [0.15, 0.2) is 12.1 Å². The standard InChI is InChI=1S/C12H15ClF3N3/c1-19-3-2-8(7-19)6-17-11-5-9(12(14,15)16)4-10(13)18-11/h4-5,8H,2-3,6-7H2,1H3,(H,17,18). The van der Waals surface area contributed by atoms with Gasteiger partial charge in [0.15, 0.2) is 0 Å². The highest BCUT2D eigenvalue weighted by atomic mass is 35.5. The number of aromatic nitrogens is 1. The molecule has 1 fully saturated rings. The molecule has 1 aliphatic heterocycles. The Hall–Kier alpha value is -1.01. The van der Waals surface area contributed by atoms with Gasteiger partial charge in [-0.25, -0.2) is 4.98 Å². The molecule has 1 saturated heterocycles. The Bertz CT molecular complexity index is 450. The van der Waals surface area contributed by atoms with E-state index in [2.05, 4.69) is 15.2 Å². The number of likely N-dealkylation sites (tertiary alicyclic amines) is 1. The minimum Gasteiger partial charge on any atom is -0.370 e. The molecule has 1 aliphatic rings. The van der Waals surface area contributed by atoms with Crippen LogP contribution in [0.25, 0.3) is 0 Å². The number of hydrogen-bond acceptors (Lipinski definition) is 3. The monoisotopic (exact) mass is 293 g/mol. The summed E-state index contributed by atoms with van der Waals surface area (Å²) in [5, 5.41) is 2.79. The van der Waals surface area contributed by atoms with Crippen molar-refractivity contribution >= 4 is 17.4 Å². The average molecular weight is 294 g/mol. The minimum atomic E-state index is -4.41. The molecule has 106 valence electrons. The van der Waals surface area contributed by atoms with Crippen molar-refractivity contribution in [2.75, 3.05) is 32.0 Å². The third-order valence-electron chi connectivity index (χ3n) is 3.18. The number of nitrogens with zero attached hydrogens (tertiary/aromatic N) is 2. The molecule has 0 amide bonds. The zero-order valence-electron chi connectivity index (χ0n) is 10.5. The molecule has 7 heteroatoms. The molecule has 3 nitrogen and oxygen atoms in total. The van der Waals surface area contributed by atoms with E-state index in [0.29, 0.717) is 12.5 Å². The summed E-state index contributed by atoms with van der Waals surface area (Å²) in [5.41, 5.74) is -0.779. The van der Waals surface area contributed by atoms with Crippen LogP contribution in [0.5, 0.6) is 0 Å². The molecule has 1 aromatic rings. The predicted molar refractivity (Wildman–Crippen MR) is 68.3 cm³/mol. The molecule has 0 radical (unpaired) electrons. The summed E-state index contributed by atoms with van der Waals surface area (Å²) in [6.45, 7) is 2.57. The number of halogens is 4. The lowest BCUT2D eigenvalue weighted by Crippen LogP contribution is -2.19. The Labute approximate surface area is 114 Å². The number of anilines is 1. The molecule has 0 aliphatic carbocycles. The van der Waals surface area contributed by atoms with Gasteiger partial charge in [0.2, 0.25) is 0 Å². The Morgan fingerprint density at radius 2 is 2.21 bits per heavy atom. The van der Waals surface area contributed by atoms with Crippen molar-refractivity contribution in [2.45, 2.75) is 12.6 Å². The fourth-order valence-corrected chi connectivity index (χ4v) is 2.40. The van der Waals surface area contributed by atoms with E-state index in [0.717, 1.165) is 31.6 Å². The second kappa shape index (κ2) is 5.54. The molecule has 1 aromatic heterocycles. The first-order valence-electron chi connectivity index (χ1n) is 6.02. The summed E-state index contributed by atoms with van der Waals surface area (Å²) in [6, 6.07) is 1.82. The van der Waals surface area contributed by atoms with Crippen LogP contribution in [0.1, 0.15) is 12.0 Å². The van der Waals surface area contributed by atoms with Crippen LogP contribution >= 0.6 is 11.6 Å². The third kappa shape index (κ3) is 3.98. The molecule has 0 bridgehead atoms. The van der Waals surface area contributed by atoms with Crippen molar-refractivity contribution < 1.29 is 13.2 Å². The van der Waals surface area contributed by atoms with E-state index >= 15 is 0 Å². The first kappa shape index (κ1) is 14.4. The molecular weight excluding hydrogens is 279 g/mol. The van der Waals surface area contributed by atoms with Crippen LogP contribution in [0.2, 0.25) is 5.15 Å². The molecule has 1 N–H and O–H groups in total. The Balaban J connectivity index is 2.02. The SMILES string of the molecule is CN1CCC(CNc2cc(C(F)(F)F)cc(Cl)n2)C1. The number of nitrogens with one attached hydrogen (secondary N) is 1. The van der Waals surface area contributed by atoms with E-state index in [4.69, 9.17) is 11.6 Å². The molecule has 0 spiro atoms. The Morgan fingerprint density at radius 3 is 2.79 bits per heavy atom. The van der Waals surface area contributed by atoms with Crippen molar-refractivity contribution in [3.63, 3.8) is 0 Å². The lowest BCUT2D eigenvalue weighted by molar-refractivity contribution is -0.137. The minimum absolute atomic E-state index is 0.152. The quantitative estimate of drug-likeness (QED) is 0.868. The Morgan fingerprint density at radius 1 is 1.47 bits per heavy atom. The van der Waals surface area contributed by atoms with Crippen molar-refractivity contribution in [2.24, 2.45) is 5.92 Å². The lowest BCUT2D eigenvalue weighted by atomic mass is 10.1. The summed E-state index contributed by atoms with van der Waals surface area (Å²) in [4.78, 5) is 6.06. The second-order valence-corrected chi connectivity index (χ2v) is 5.25. The predicted octanol–water partition coefficient (Wildman–Crippen LogP) is 3.12. The van der Waals surface area contributed by atoms with Gasteiger partial charge in [-0.05, 0) is 38.1 Å². The number of rotatable bonds is 3. The van der Waals surface area contributed by atoms with E-state index in [1.165, 1.54) is 0 Å². The molecule has 2 rings (SSSR count). The fraction of sp³-hybridized carbons (Fsp3) is 0.583. The molecule has 0 aromatic carbocycles. The third-order valence-corrected chi connectivity index (χ3v) is 3.38. The van der Waals surface area contributed by atoms with Crippen LogP contribution in [-0.2, 0) is 6.18 Å². The van der Waals surface area contributed by atoms with Crippen LogP contribution in [0.4, 0.5) is 19.0 Å². The first-order valence-corrected chi connectivity index (χ1v) is 6.39. The second-order valence-electron chi connectivity index (χ2n) is 4.86. The van der Waals surface area contributed by atoms with Crippen LogP contribution in [0.3, 0.4) is 0 Å². The van der Waals surface area contributed by atoms with E-state index in [9.17, 15) is 13.2 Å². The summed E-state index contributed by atoms with van der Waals surface area (Å²) < 4.78 is 37.9. The zero-order valence-corrected chi connectivity index (χ0v) is 11.2. The maximum atomic E-state index is 12.6. The summed E-state index contributed by atoms with van der Waals surface area (Å²) in [6.07, 6.45) is -3.37. The van der Waals surface area contributed by atoms with Gasteiger partial charge in [-0.2, -0.15) is 13.2 Å². The van der Waals surface area contributed by atoms with Gasteiger partial charge in [-0.1, -0.05) is 11.6 Å². The maximum Gasteiger partial charge on any atom is 0.416 e. The van der Waals surface area contributed by atoms with Crippen LogP contribution < -0.4 is 5.32 Å². The van der Waals surface area contributed by atoms with Gasteiger partial charge in [0.05, 0.1) is 5.56 Å². The van der Waals surface area contributed by atoms with E-state index < -0.39 is 11.7 Å². The van der Waals surface area contributed by atoms with Gasteiger partial charge in [-0.3, -0.25) is 0 Å². The molecule has 2 heterocycles. The molecule has 0 saturated carbocycles.